The van der Waals surface area contributed by atoms with E-state index < -0.39 is 0 Å². The fourth-order valence-electron chi connectivity index (χ4n) is 2.15. The summed E-state index contributed by atoms with van der Waals surface area (Å²) in [6, 6.07) is 10.6. The molecule has 0 spiro atoms. The molecule has 0 unspecified atom stereocenters. The van der Waals surface area contributed by atoms with Gasteiger partial charge in [-0.25, -0.2) is 0 Å². The molecule has 1 aromatic carbocycles. The van der Waals surface area contributed by atoms with Gasteiger partial charge in [0.25, 0.3) is 0 Å². The fourth-order valence-corrected chi connectivity index (χ4v) is 2.15. The minimum atomic E-state index is 0.371. The van der Waals surface area contributed by atoms with Gasteiger partial charge in [-0.15, -0.1) is 0 Å². The van der Waals surface area contributed by atoms with E-state index in [1.165, 1.54) is 12.0 Å². The van der Waals surface area contributed by atoms with Gasteiger partial charge in [0.05, 0.1) is 0 Å². The maximum Gasteiger partial charge on any atom is 0.123 e. The molecular weight excluding hydrogens is 172 g/mol. The zero-order valence-corrected chi connectivity index (χ0v) is 8.36. The topological polar surface area (TPSA) is 17.1 Å². The number of aldehydes is 1. The maximum absolute atomic E-state index is 10.4. The zero-order chi connectivity index (χ0) is 9.80. The smallest absolute Gasteiger partial charge is 0.123 e. The van der Waals surface area contributed by atoms with E-state index in [4.69, 9.17) is 0 Å². The lowest BCUT2D eigenvalue weighted by atomic mass is 9.73. The lowest BCUT2D eigenvalue weighted by Gasteiger charge is -2.31. The third kappa shape index (κ3) is 2.22. The van der Waals surface area contributed by atoms with Crippen LogP contribution >= 0.6 is 0 Å². The Morgan fingerprint density at radius 3 is 2.57 bits per heavy atom. The third-order valence-corrected chi connectivity index (χ3v) is 3.15. The Balaban J connectivity index is 1.72. The molecule has 1 aliphatic rings. The van der Waals surface area contributed by atoms with Crippen LogP contribution in [0.2, 0.25) is 0 Å². The second-order valence-corrected chi connectivity index (χ2v) is 4.26. The molecule has 0 aromatic heterocycles. The van der Waals surface area contributed by atoms with Crippen LogP contribution in [0.1, 0.15) is 24.8 Å². The molecule has 2 rings (SSSR count). The quantitative estimate of drug-likeness (QED) is 0.664. The molecule has 0 N–H and O–H groups in total. The Kier molecular flexibility index (Phi) is 2.97. The number of hydrogen-bond donors (Lipinski definition) is 0. The standard InChI is InChI=1S/C13H16O/c14-10-13-8-12(9-13)7-6-11-4-2-1-3-5-11/h1-5,10,12-13H,6-9H2/t12-,13+. The Hall–Kier alpha value is -1.11. The summed E-state index contributed by atoms with van der Waals surface area (Å²) in [5, 5.41) is 0. The lowest BCUT2D eigenvalue weighted by molar-refractivity contribution is -0.114. The van der Waals surface area contributed by atoms with Gasteiger partial charge < -0.3 is 4.79 Å². The van der Waals surface area contributed by atoms with Crippen LogP contribution in [0.5, 0.6) is 0 Å². The second kappa shape index (κ2) is 4.41. The number of benzene rings is 1. The van der Waals surface area contributed by atoms with E-state index in [-0.39, 0.29) is 0 Å². The van der Waals surface area contributed by atoms with E-state index in [1.54, 1.807) is 0 Å². The van der Waals surface area contributed by atoms with Crippen molar-refractivity contribution >= 4 is 6.29 Å². The highest BCUT2D eigenvalue weighted by Gasteiger charge is 2.27. The van der Waals surface area contributed by atoms with Gasteiger partial charge in [0.1, 0.15) is 6.29 Å². The van der Waals surface area contributed by atoms with Crippen LogP contribution in [-0.4, -0.2) is 6.29 Å². The van der Waals surface area contributed by atoms with E-state index in [1.807, 2.05) is 0 Å². The first-order valence-corrected chi connectivity index (χ1v) is 5.37. The number of carbonyl (C=O) groups excluding carboxylic acids is 1. The van der Waals surface area contributed by atoms with Crippen LogP contribution in [0.15, 0.2) is 30.3 Å². The van der Waals surface area contributed by atoms with Crippen molar-refractivity contribution in [1.82, 2.24) is 0 Å². The number of hydrogen-bond acceptors (Lipinski definition) is 1. The summed E-state index contributed by atoms with van der Waals surface area (Å²) >= 11 is 0. The van der Waals surface area contributed by atoms with Gasteiger partial charge in [-0.05, 0) is 37.2 Å². The lowest BCUT2D eigenvalue weighted by Crippen LogP contribution is -2.24. The molecule has 1 fully saturated rings. The van der Waals surface area contributed by atoms with Gasteiger partial charge >= 0.3 is 0 Å². The molecule has 0 amide bonds. The molecular formula is C13H16O. The van der Waals surface area contributed by atoms with Crippen molar-refractivity contribution in [2.24, 2.45) is 11.8 Å². The van der Waals surface area contributed by atoms with Gasteiger partial charge in [-0.2, -0.15) is 0 Å². The van der Waals surface area contributed by atoms with Crippen molar-refractivity contribution < 1.29 is 4.79 Å². The molecule has 1 nitrogen and oxygen atoms in total. The largest absolute Gasteiger partial charge is 0.303 e. The molecule has 1 aliphatic carbocycles. The molecule has 0 atom stereocenters. The highest BCUT2D eigenvalue weighted by Crippen LogP contribution is 2.35. The van der Waals surface area contributed by atoms with Crippen molar-refractivity contribution in [3.8, 4) is 0 Å². The number of aryl methyl sites for hydroxylation is 1. The SMILES string of the molecule is O=C[C@H]1C[C@@H](CCc2ccccc2)C1. The van der Waals surface area contributed by atoms with Crippen LogP contribution in [0.4, 0.5) is 0 Å². The first-order valence-electron chi connectivity index (χ1n) is 5.37. The second-order valence-electron chi connectivity index (χ2n) is 4.26. The molecule has 0 saturated heterocycles. The summed E-state index contributed by atoms with van der Waals surface area (Å²) in [6.45, 7) is 0. The van der Waals surface area contributed by atoms with E-state index in [2.05, 4.69) is 30.3 Å². The predicted molar refractivity (Wildman–Crippen MR) is 57.0 cm³/mol. The molecule has 1 saturated carbocycles. The normalized spacial score (nSPS) is 25.4. The predicted octanol–water partition coefficient (Wildman–Crippen LogP) is 2.84. The highest BCUT2D eigenvalue weighted by atomic mass is 16.1. The summed E-state index contributed by atoms with van der Waals surface area (Å²) in [5.74, 6) is 1.17. The summed E-state index contributed by atoms with van der Waals surface area (Å²) in [7, 11) is 0. The molecule has 1 aromatic rings. The summed E-state index contributed by atoms with van der Waals surface area (Å²) in [6.07, 6.45) is 5.76. The molecule has 0 radical (unpaired) electrons. The first-order chi connectivity index (χ1) is 6.88. The van der Waals surface area contributed by atoms with Gasteiger partial charge in [-0.1, -0.05) is 30.3 Å². The third-order valence-electron chi connectivity index (χ3n) is 3.15. The van der Waals surface area contributed by atoms with Crippen molar-refractivity contribution in [2.45, 2.75) is 25.7 Å². The van der Waals surface area contributed by atoms with E-state index in [9.17, 15) is 4.79 Å². The fraction of sp³-hybridized carbons (Fsp3) is 0.462. The van der Waals surface area contributed by atoms with E-state index in [0.29, 0.717) is 5.92 Å². The van der Waals surface area contributed by atoms with Crippen LogP contribution < -0.4 is 0 Å². The number of rotatable bonds is 4. The van der Waals surface area contributed by atoms with Crippen LogP contribution in [0, 0.1) is 11.8 Å². The molecule has 14 heavy (non-hydrogen) atoms. The first kappa shape index (κ1) is 9.45. The Morgan fingerprint density at radius 2 is 1.93 bits per heavy atom. The minimum absolute atomic E-state index is 0.371. The monoisotopic (exact) mass is 188 g/mol. The summed E-state index contributed by atoms with van der Waals surface area (Å²) in [4.78, 5) is 10.4. The van der Waals surface area contributed by atoms with Gasteiger partial charge in [0.2, 0.25) is 0 Å². The van der Waals surface area contributed by atoms with E-state index in [0.717, 1.165) is 31.5 Å². The van der Waals surface area contributed by atoms with E-state index >= 15 is 0 Å². The summed E-state index contributed by atoms with van der Waals surface area (Å²) < 4.78 is 0. The van der Waals surface area contributed by atoms with Crippen LogP contribution in [0.3, 0.4) is 0 Å². The van der Waals surface area contributed by atoms with Crippen molar-refractivity contribution in [3.05, 3.63) is 35.9 Å². The van der Waals surface area contributed by atoms with Crippen LogP contribution in [0.25, 0.3) is 0 Å². The Labute approximate surface area is 85.1 Å². The molecule has 0 heterocycles. The van der Waals surface area contributed by atoms with Gasteiger partial charge in [-0.3, -0.25) is 0 Å². The zero-order valence-electron chi connectivity index (χ0n) is 8.36. The molecule has 0 bridgehead atoms. The molecule has 0 aliphatic heterocycles. The van der Waals surface area contributed by atoms with Gasteiger partial charge in [0.15, 0.2) is 0 Å². The van der Waals surface area contributed by atoms with Crippen molar-refractivity contribution in [2.75, 3.05) is 0 Å². The van der Waals surface area contributed by atoms with Gasteiger partial charge in [0, 0.05) is 5.92 Å². The minimum Gasteiger partial charge on any atom is -0.303 e. The average molecular weight is 188 g/mol. The Bertz CT molecular complexity index is 285. The number of carbonyl (C=O) groups is 1. The summed E-state index contributed by atoms with van der Waals surface area (Å²) in [5.41, 5.74) is 1.42. The highest BCUT2D eigenvalue weighted by molar-refractivity contribution is 5.54. The molecule has 74 valence electrons. The van der Waals surface area contributed by atoms with Crippen molar-refractivity contribution in [1.29, 1.82) is 0 Å². The van der Waals surface area contributed by atoms with Crippen LogP contribution in [-0.2, 0) is 11.2 Å². The maximum atomic E-state index is 10.4. The average Bonchev–Trinajstić information content (AvgIpc) is 2.17. The van der Waals surface area contributed by atoms with Crippen molar-refractivity contribution in [3.63, 3.8) is 0 Å². The molecule has 1 heteroatoms. The Morgan fingerprint density at radius 1 is 1.21 bits per heavy atom.